The van der Waals surface area contributed by atoms with Crippen LogP contribution in [-0.4, -0.2) is 59.4 Å². The number of hydrogen-bond donors (Lipinski definition) is 2. The van der Waals surface area contributed by atoms with E-state index in [-0.39, 0.29) is 17.2 Å². The van der Waals surface area contributed by atoms with Gasteiger partial charge < -0.3 is 24.9 Å². The molecule has 34 heavy (non-hydrogen) atoms. The van der Waals surface area contributed by atoms with Crippen LogP contribution in [0, 0.1) is 10.8 Å². The summed E-state index contributed by atoms with van der Waals surface area (Å²) >= 11 is 0. The van der Waals surface area contributed by atoms with Gasteiger partial charge in [0.15, 0.2) is 0 Å². The van der Waals surface area contributed by atoms with Gasteiger partial charge in [-0.25, -0.2) is 0 Å². The van der Waals surface area contributed by atoms with Crippen LogP contribution >= 0.6 is 0 Å². The SMILES string of the molecule is CC(C)(C)CC(=O)N1CCC(c2nc(-c3ccc(C=N)c(NC=O)c3)no2)CC1.CC1CCO1. The summed E-state index contributed by atoms with van der Waals surface area (Å²) in [5.41, 5.74) is 1.80. The molecule has 0 saturated carbocycles. The number of nitrogens with one attached hydrogen (secondary N) is 2. The largest absolute Gasteiger partial charge is 0.378 e. The maximum atomic E-state index is 12.4. The standard InChI is InChI=1S/C21H27N5O3.C4H8O/c1-21(2,3)11-18(28)26-8-6-14(7-9-26)20-24-19(25-29-20)15-4-5-16(12-22)17(10-15)23-13-27;1-4-2-3-5-4/h4-5,10,12-14,22H,6-9,11H2,1-3H3,(H,23,27);4H,2-3H2,1H3. The normalized spacial score (nSPS) is 18.4. The highest BCUT2D eigenvalue weighted by Gasteiger charge is 2.29. The second kappa shape index (κ2) is 11.4. The Kier molecular flexibility index (Phi) is 8.55. The molecule has 1 unspecified atom stereocenters. The molecule has 9 heteroatoms. The fourth-order valence-electron chi connectivity index (χ4n) is 3.82. The predicted octanol–water partition coefficient (Wildman–Crippen LogP) is 4.24. The zero-order valence-corrected chi connectivity index (χ0v) is 20.5. The lowest BCUT2D eigenvalue weighted by molar-refractivity contribution is -0.134. The summed E-state index contributed by atoms with van der Waals surface area (Å²) in [6, 6.07) is 5.24. The Labute approximate surface area is 200 Å². The summed E-state index contributed by atoms with van der Waals surface area (Å²) < 4.78 is 10.4. The third kappa shape index (κ3) is 6.96. The molecule has 1 aromatic carbocycles. The molecule has 184 valence electrons. The van der Waals surface area contributed by atoms with Gasteiger partial charge >= 0.3 is 0 Å². The second-order valence-electron chi connectivity index (χ2n) is 10.0. The minimum absolute atomic E-state index is 0.0137. The van der Waals surface area contributed by atoms with Crippen LogP contribution in [0.1, 0.15) is 70.8 Å². The fraction of sp³-hybridized carbons (Fsp3) is 0.560. The van der Waals surface area contributed by atoms with Crippen LogP contribution in [0.25, 0.3) is 11.4 Å². The lowest BCUT2D eigenvalue weighted by atomic mass is 9.90. The zero-order chi connectivity index (χ0) is 24.7. The van der Waals surface area contributed by atoms with Gasteiger partial charge in [0.05, 0.1) is 6.10 Å². The molecule has 0 radical (unpaired) electrons. The number of likely N-dealkylation sites (tertiary alicyclic amines) is 1. The molecule has 2 aliphatic heterocycles. The molecule has 2 amide bonds. The number of carbonyl (C=O) groups is 2. The van der Waals surface area contributed by atoms with E-state index in [0.29, 0.717) is 60.6 Å². The predicted molar refractivity (Wildman–Crippen MR) is 130 cm³/mol. The molecule has 0 spiro atoms. The molecule has 3 heterocycles. The van der Waals surface area contributed by atoms with Crippen LogP contribution in [0.4, 0.5) is 5.69 Å². The Balaban J connectivity index is 0.000000574. The van der Waals surface area contributed by atoms with Crippen LogP contribution in [0.5, 0.6) is 0 Å². The van der Waals surface area contributed by atoms with Crippen molar-refractivity contribution in [3.05, 3.63) is 29.7 Å². The molecule has 0 bridgehead atoms. The van der Waals surface area contributed by atoms with E-state index in [4.69, 9.17) is 14.7 Å². The van der Waals surface area contributed by atoms with E-state index in [9.17, 15) is 9.59 Å². The quantitative estimate of drug-likeness (QED) is 0.482. The van der Waals surface area contributed by atoms with E-state index in [2.05, 4.69) is 43.2 Å². The molecular formula is C25H35N5O4. The third-order valence-corrected chi connectivity index (χ3v) is 5.93. The highest BCUT2D eigenvalue weighted by Crippen LogP contribution is 2.30. The first-order valence-corrected chi connectivity index (χ1v) is 11.8. The van der Waals surface area contributed by atoms with E-state index < -0.39 is 0 Å². The molecule has 2 N–H and O–H groups in total. The van der Waals surface area contributed by atoms with Crippen molar-refractivity contribution in [3.8, 4) is 11.4 Å². The minimum atomic E-state index is -0.0137. The summed E-state index contributed by atoms with van der Waals surface area (Å²) in [6.07, 6.45) is 5.71. The zero-order valence-electron chi connectivity index (χ0n) is 20.5. The molecule has 2 aliphatic rings. The summed E-state index contributed by atoms with van der Waals surface area (Å²) in [6.45, 7) is 10.7. The Morgan fingerprint density at radius 3 is 2.47 bits per heavy atom. The maximum absolute atomic E-state index is 12.4. The third-order valence-electron chi connectivity index (χ3n) is 5.93. The lowest BCUT2D eigenvalue weighted by Gasteiger charge is -2.32. The highest BCUT2D eigenvalue weighted by molar-refractivity contribution is 5.91. The molecule has 1 aromatic heterocycles. The van der Waals surface area contributed by atoms with E-state index in [0.717, 1.165) is 19.4 Å². The van der Waals surface area contributed by atoms with Crippen molar-refractivity contribution in [1.29, 1.82) is 5.41 Å². The first-order chi connectivity index (χ1) is 16.2. The van der Waals surface area contributed by atoms with Crippen LogP contribution in [0.2, 0.25) is 0 Å². The number of amides is 2. The number of benzene rings is 1. The molecule has 2 saturated heterocycles. The van der Waals surface area contributed by atoms with Crippen molar-refractivity contribution in [2.24, 2.45) is 5.41 Å². The van der Waals surface area contributed by atoms with Gasteiger partial charge in [-0.05, 0) is 37.7 Å². The summed E-state index contributed by atoms with van der Waals surface area (Å²) in [4.78, 5) is 29.7. The average Bonchev–Trinajstić information content (AvgIpc) is 3.28. The number of hydrogen-bond acceptors (Lipinski definition) is 7. The van der Waals surface area contributed by atoms with Crippen LogP contribution in [-0.2, 0) is 14.3 Å². The molecule has 1 atom stereocenters. The average molecular weight is 470 g/mol. The lowest BCUT2D eigenvalue weighted by Crippen LogP contribution is -2.39. The minimum Gasteiger partial charge on any atom is -0.378 e. The summed E-state index contributed by atoms with van der Waals surface area (Å²) in [5.74, 6) is 1.34. The van der Waals surface area contributed by atoms with Crippen LogP contribution in [0.3, 0.4) is 0 Å². The molecule has 2 fully saturated rings. The second-order valence-corrected chi connectivity index (χ2v) is 10.0. The van der Waals surface area contributed by atoms with E-state index in [1.807, 2.05) is 4.90 Å². The van der Waals surface area contributed by atoms with Crippen molar-refractivity contribution in [2.45, 2.75) is 65.4 Å². The number of piperidine rings is 1. The molecule has 9 nitrogen and oxygen atoms in total. The number of ether oxygens (including phenoxy) is 1. The van der Waals surface area contributed by atoms with Gasteiger partial charge in [0.1, 0.15) is 0 Å². The van der Waals surface area contributed by atoms with Gasteiger partial charge in [0.25, 0.3) is 0 Å². The Bertz CT molecular complexity index is 985. The van der Waals surface area contributed by atoms with Crippen molar-refractivity contribution in [2.75, 3.05) is 25.0 Å². The summed E-state index contributed by atoms with van der Waals surface area (Å²) in [7, 11) is 0. The number of aromatic nitrogens is 2. The monoisotopic (exact) mass is 469 g/mol. The summed E-state index contributed by atoms with van der Waals surface area (Å²) in [5, 5.41) is 14.1. The van der Waals surface area contributed by atoms with Crippen molar-refractivity contribution in [3.63, 3.8) is 0 Å². The van der Waals surface area contributed by atoms with Crippen molar-refractivity contribution < 1.29 is 18.8 Å². The Morgan fingerprint density at radius 1 is 1.26 bits per heavy atom. The fourth-order valence-corrected chi connectivity index (χ4v) is 3.82. The van der Waals surface area contributed by atoms with E-state index in [1.54, 1.807) is 18.2 Å². The number of rotatable bonds is 6. The van der Waals surface area contributed by atoms with Crippen molar-refractivity contribution >= 4 is 24.2 Å². The molecular weight excluding hydrogens is 434 g/mol. The molecule has 4 rings (SSSR count). The maximum Gasteiger partial charge on any atom is 0.230 e. The first kappa shape index (κ1) is 25.6. The first-order valence-electron chi connectivity index (χ1n) is 11.8. The van der Waals surface area contributed by atoms with E-state index in [1.165, 1.54) is 12.6 Å². The molecule has 0 aliphatic carbocycles. The van der Waals surface area contributed by atoms with Gasteiger partial charge in [-0.1, -0.05) is 38.1 Å². The Hall–Kier alpha value is -3.07. The van der Waals surface area contributed by atoms with Crippen LogP contribution < -0.4 is 5.32 Å². The number of nitrogens with zero attached hydrogens (tertiary/aromatic N) is 3. The van der Waals surface area contributed by atoms with Gasteiger partial charge in [-0.3, -0.25) is 9.59 Å². The Morgan fingerprint density at radius 2 is 1.94 bits per heavy atom. The van der Waals surface area contributed by atoms with Gasteiger partial charge in [-0.15, -0.1) is 0 Å². The van der Waals surface area contributed by atoms with Gasteiger partial charge in [0.2, 0.25) is 24.0 Å². The van der Waals surface area contributed by atoms with Crippen LogP contribution in [0.15, 0.2) is 22.7 Å². The topological polar surface area (TPSA) is 121 Å². The van der Waals surface area contributed by atoms with E-state index >= 15 is 0 Å². The number of carbonyl (C=O) groups excluding carboxylic acids is 2. The van der Waals surface area contributed by atoms with Gasteiger partial charge in [0, 0.05) is 55.1 Å². The highest BCUT2D eigenvalue weighted by atomic mass is 16.5. The smallest absolute Gasteiger partial charge is 0.230 e. The van der Waals surface area contributed by atoms with Crippen molar-refractivity contribution in [1.82, 2.24) is 15.0 Å². The molecule has 2 aromatic rings. The van der Waals surface area contributed by atoms with Gasteiger partial charge in [-0.2, -0.15) is 4.98 Å². The number of anilines is 1.